The predicted octanol–water partition coefficient (Wildman–Crippen LogP) is 1.98. The quantitative estimate of drug-likeness (QED) is 0.758. The van der Waals surface area contributed by atoms with Gasteiger partial charge in [0.05, 0.1) is 12.0 Å². The molecule has 0 bridgehead atoms. The minimum atomic E-state index is -0.0818. The van der Waals surface area contributed by atoms with E-state index in [1.54, 1.807) is 0 Å². The maximum absolute atomic E-state index is 11.7. The zero-order valence-electron chi connectivity index (χ0n) is 10.5. The van der Waals surface area contributed by atoms with Gasteiger partial charge in [-0.3, -0.25) is 4.79 Å². The van der Waals surface area contributed by atoms with Crippen LogP contribution in [-0.4, -0.2) is 29.5 Å². The Hall–Kier alpha value is -1.84. The average molecular weight is 244 g/mol. The first-order valence-electron chi connectivity index (χ1n) is 6.27. The highest BCUT2D eigenvalue weighted by molar-refractivity contribution is 5.95. The molecule has 0 spiro atoms. The molecule has 3 rings (SSSR count). The van der Waals surface area contributed by atoms with Crippen molar-refractivity contribution in [1.29, 1.82) is 0 Å². The lowest BCUT2D eigenvalue weighted by molar-refractivity contribution is -0.123. The average Bonchev–Trinajstić information content (AvgIpc) is 2.81. The predicted molar refractivity (Wildman–Crippen MR) is 68.0 cm³/mol. The first-order chi connectivity index (χ1) is 8.68. The number of amidine groups is 1. The summed E-state index contributed by atoms with van der Waals surface area (Å²) in [6.07, 6.45) is 0. The molecule has 0 aliphatic carbocycles. The minimum Gasteiger partial charge on any atom is -0.462 e. The van der Waals surface area contributed by atoms with E-state index in [4.69, 9.17) is 4.74 Å². The summed E-state index contributed by atoms with van der Waals surface area (Å²) in [4.78, 5) is 17.9. The zero-order chi connectivity index (χ0) is 12.7. The Kier molecular flexibility index (Phi) is 2.58. The first-order valence-corrected chi connectivity index (χ1v) is 6.27. The van der Waals surface area contributed by atoms with Gasteiger partial charge in [-0.1, -0.05) is 37.3 Å². The van der Waals surface area contributed by atoms with Crippen LogP contribution in [0.4, 0.5) is 0 Å². The summed E-state index contributed by atoms with van der Waals surface area (Å²) >= 11 is 0. The molecule has 0 saturated carbocycles. The lowest BCUT2D eigenvalue weighted by Crippen LogP contribution is -2.46. The van der Waals surface area contributed by atoms with E-state index in [0.717, 1.165) is 0 Å². The smallest absolute Gasteiger partial charge is 0.296 e. The number of ether oxygens (including phenoxy) is 1. The van der Waals surface area contributed by atoms with Gasteiger partial charge in [0.2, 0.25) is 0 Å². The van der Waals surface area contributed by atoms with Crippen molar-refractivity contribution < 1.29 is 9.53 Å². The molecule has 2 aliphatic rings. The molecule has 0 radical (unpaired) electrons. The first kappa shape index (κ1) is 11.3. The normalized spacial score (nSPS) is 30.8. The summed E-state index contributed by atoms with van der Waals surface area (Å²) in [7, 11) is 0. The Labute approximate surface area is 106 Å². The second kappa shape index (κ2) is 4.12. The van der Waals surface area contributed by atoms with Crippen molar-refractivity contribution in [3.05, 3.63) is 35.9 Å². The molecule has 1 amide bonds. The highest BCUT2D eigenvalue weighted by Crippen LogP contribution is 2.34. The van der Waals surface area contributed by atoms with Crippen LogP contribution in [-0.2, 0) is 9.53 Å². The number of benzene rings is 1. The van der Waals surface area contributed by atoms with Crippen LogP contribution in [0.1, 0.15) is 25.5 Å². The van der Waals surface area contributed by atoms with E-state index in [1.807, 2.05) is 25.1 Å². The SMILES string of the molecule is C[C@@H]1C(=O)N=C2OC[C@H](c3ccccc3)N2[C@@H]1C. The fourth-order valence-corrected chi connectivity index (χ4v) is 2.57. The molecule has 1 fully saturated rings. The van der Waals surface area contributed by atoms with Crippen molar-refractivity contribution in [2.75, 3.05) is 6.61 Å². The molecule has 0 aromatic heterocycles. The van der Waals surface area contributed by atoms with Crippen molar-refractivity contribution in [2.24, 2.45) is 10.9 Å². The number of amides is 1. The summed E-state index contributed by atoms with van der Waals surface area (Å²) in [6.45, 7) is 4.54. The van der Waals surface area contributed by atoms with E-state index in [2.05, 4.69) is 28.9 Å². The summed E-state index contributed by atoms with van der Waals surface area (Å²) in [6, 6.07) is 11.0. The number of hydrogen-bond donors (Lipinski definition) is 0. The van der Waals surface area contributed by atoms with Gasteiger partial charge < -0.3 is 9.64 Å². The van der Waals surface area contributed by atoms with Gasteiger partial charge in [0.1, 0.15) is 6.61 Å². The Morgan fingerprint density at radius 1 is 1.28 bits per heavy atom. The third kappa shape index (κ3) is 1.60. The van der Waals surface area contributed by atoms with Gasteiger partial charge in [-0.25, -0.2) is 0 Å². The molecule has 2 aliphatic heterocycles. The zero-order valence-corrected chi connectivity index (χ0v) is 10.5. The molecule has 4 nitrogen and oxygen atoms in total. The van der Waals surface area contributed by atoms with Gasteiger partial charge in [0.25, 0.3) is 11.9 Å². The molecule has 2 heterocycles. The maximum Gasteiger partial charge on any atom is 0.296 e. The van der Waals surface area contributed by atoms with E-state index < -0.39 is 0 Å². The van der Waals surface area contributed by atoms with Crippen LogP contribution in [0.15, 0.2) is 35.3 Å². The molecule has 18 heavy (non-hydrogen) atoms. The molecule has 1 saturated heterocycles. The molecule has 94 valence electrons. The van der Waals surface area contributed by atoms with Gasteiger partial charge in [0.15, 0.2) is 0 Å². The largest absolute Gasteiger partial charge is 0.462 e. The second-order valence-corrected chi connectivity index (χ2v) is 4.91. The summed E-state index contributed by atoms with van der Waals surface area (Å²) in [5, 5.41) is 0. The molecule has 3 atom stereocenters. The lowest BCUT2D eigenvalue weighted by atomic mass is 9.97. The molecule has 1 aromatic carbocycles. The van der Waals surface area contributed by atoms with E-state index in [1.165, 1.54) is 5.56 Å². The van der Waals surface area contributed by atoms with Crippen LogP contribution in [0.25, 0.3) is 0 Å². The lowest BCUT2D eigenvalue weighted by Gasteiger charge is -2.35. The number of fused-ring (bicyclic) bond motifs is 1. The van der Waals surface area contributed by atoms with E-state index in [0.29, 0.717) is 12.6 Å². The number of aliphatic imine (C=N–C) groups is 1. The Bertz CT molecular complexity index is 498. The Balaban J connectivity index is 1.97. The van der Waals surface area contributed by atoms with Crippen LogP contribution in [0.3, 0.4) is 0 Å². The number of carbonyl (C=O) groups excluding carboxylic acids is 1. The molecular formula is C14H16N2O2. The number of carbonyl (C=O) groups is 1. The highest BCUT2D eigenvalue weighted by Gasteiger charge is 2.43. The van der Waals surface area contributed by atoms with Crippen molar-refractivity contribution >= 4 is 11.9 Å². The van der Waals surface area contributed by atoms with E-state index in [-0.39, 0.29) is 23.9 Å². The third-order valence-electron chi connectivity index (χ3n) is 3.87. The van der Waals surface area contributed by atoms with Crippen molar-refractivity contribution in [3.8, 4) is 0 Å². The maximum atomic E-state index is 11.7. The monoisotopic (exact) mass is 244 g/mol. The number of hydrogen-bond acceptors (Lipinski definition) is 3. The fourth-order valence-electron chi connectivity index (χ4n) is 2.57. The highest BCUT2D eigenvalue weighted by atomic mass is 16.5. The Morgan fingerprint density at radius 3 is 2.72 bits per heavy atom. The van der Waals surface area contributed by atoms with Crippen LogP contribution >= 0.6 is 0 Å². The van der Waals surface area contributed by atoms with Crippen LogP contribution in [0.2, 0.25) is 0 Å². The fraction of sp³-hybridized carbons (Fsp3) is 0.429. The minimum absolute atomic E-state index is 0.0811. The summed E-state index contributed by atoms with van der Waals surface area (Å²) < 4.78 is 5.57. The van der Waals surface area contributed by atoms with Gasteiger partial charge in [-0.15, -0.1) is 0 Å². The molecular weight excluding hydrogens is 228 g/mol. The van der Waals surface area contributed by atoms with E-state index in [9.17, 15) is 4.79 Å². The molecule has 1 aromatic rings. The summed E-state index contributed by atoms with van der Waals surface area (Å²) in [5.74, 6) is -0.163. The summed E-state index contributed by atoms with van der Waals surface area (Å²) in [5.41, 5.74) is 1.20. The molecule has 4 heteroatoms. The van der Waals surface area contributed by atoms with Crippen molar-refractivity contribution in [2.45, 2.75) is 25.9 Å². The standard InChI is InChI=1S/C14H16N2O2/c1-9-10(2)16-12(11-6-4-3-5-7-11)8-18-14(16)15-13(9)17/h3-7,9-10,12H,8H2,1-2H3/t9-,10+,12+/m0/s1. The Morgan fingerprint density at radius 2 is 2.00 bits per heavy atom. The van der Waals surface area contributed by atoms with Crippen molar-refractivity contribution in [3.63, 3.8) is 0 Å². The third-order valence-corrected chi connectivity index (χ3v) is 3.87. The topological polar surface area (TPSA) is 41.9 Å². The van der Waals surface area contributed by atoms with Gasteiger partial charge in [0, 0.05) is 6.04 Å². The van der Waals surface area contributed by atoms with Crippen LogP contribution in [0, 0.1) is 5.92 Å². The van der Waals surface area contributed by atoms with E-state index >= 15 is 0 Å². The van der Waals surface area contributed by atoms with Gasteiger partial charge >= 0.3 is 0 Å². The second-order valence-electron chi connectivity index (χ2n) is 4.91. The van der Waals surface area contributed by atoms with Crippen LogP contribution < -0.4 is 0 Å². The number of rotatable bonds is 1. The van der Waals surface area contributed by atoms with Gasteiger partial charge in [-0.2, -0.15) is 4.99 Å². The molecule has 0 unspecified atom stereocenters. The van der Waals surface area contributed by atoms with Crippen molar-refractivity contribution in [1.82, 2.24) is 4.90 Å². The van der Waals surface area contributed by atoms with Crippen LogP contribution in [0.5, 0.6) is 0 Å². The van der Waals surface area contributed by atoms with Gasteiger partial charge in [-0.05, 0) is 12.5 Å². The number of nitrogens with zero attached hydrogens (tertiary/aromatic N) is 2. The molecule has 0 N–H and O–H groups in total.